The Bertz CT molecular complexity index is 42.2. The molecule has 30 valence electrons. The normalized spacial score (nSPS) is 8.20. The molecule has 0 atom stereocenters. The summed E-state index contributed by atoms with van der Waals surface area (Å²) in [6, 6.07) is 0. The molecule has 2 heteroatoms. The summed E-state index contributed by atoms with van der Waals surface area (Å²) >= 11 is 2.48. The van der Waals surface area contributed by atoms with Crippen molar-refractivity contribution in [2.75, 3.05) is 6.26 Å². The molecule has 0 heterocycles. The van der Waals surface area contributed by atoms with Gasteiger partial charge < -0.3 is 0 Å². The molecule has 0 rings (SSSR count). The zero-order valence-corrected chi connectivity index (χ0v) is 10.1. The van der Waals surface area contributed by atoms with Crippen molar-refractivity contribution < 1.29 is 0 Å². The van der Waals surface area contributed by atoms with E-state index in [-0.39, 0.29) is 0 Å². The Morgan fingerprint density at radius 2 is 2.20 bits per heavy atom. The van der Waals surface area contributed by atoms with Gasteiger partial charge >= 0.3 is 50.0 Å². The van der Waals surface area contributed by atoms with Crippen LogP contribution in [0, 0.1) is 0 Å². The third kappa shape index (κ3) is 4.89. The summed E-state index contributed by atoms with van der Waals surface area (Å²) in [5.74, 6) is 0. The number of hydrogen-bond donors (Lipinski definition) is 0. The summed E-state index contributed by atoms with van der Waals surface area (Å²) in [5.41, 5.74) is 0. The molecule has 0 saturated heterocycles. The monoisotopic (exact) mass is 196 g/mol. The van der Waals surface area contributed by atoms with Gasteiger partial charge in [-0.3, -0.25) is 0 Å². The summed E-state index contributed by atoms with van der Waals surface area (Å²) in [7, 11) is 0. The maximum atomic E-state index is 3.73. The minimum absolute atomic E-state index is 0.702. The summed E-state index contributed by atoms with van der Waals surface area (Å²) in [6.45, 7) is 3.73. The Morgan fingerprint density at radius 1 is 2.00 bits per heavy atom. The summed E-state index contributed by atoms with van der Waals surface area (Å²) in [5, 5.41) is 0. The van der Waals surface area contributed by atoms with Gasteiger partial charge in [0, 0.05) is 0 Å². The van der Waals surface area contributed by atoms with E-state index in [0.717, 1.165) is 0 Å². The van der Waals surface area contributed by atoms with Crippen molar-refractivity contribution in [2.45, 2.75) is 0 Å². The molecule has 0 spiro atoms. The van der Waals surface area contributed by atoms with E-state index in [1.807, 2.05) is 0 Å². The molecule has 0 aromatic rings. The quantitative estimate of drug-likeness (QED) is 0.538. The van der Waals surface area contributed by atoms with E-state index < -0.39 is 0 Å². The molecule has 0 amide bonds. The zero-order chi connectivity index (χ0) is 4.28. The zero-order valence-electron chi connectivity index (χ0n) is 3.62. The molecule has 0 unspecified atom stereocenters. The summed E-state index contributed by atoms with van der Waals surface area (Å²) < 4.78 is 1.38. The van der Waals surface area contributed by atoms with Crippen molar-refractivity contribution >= 4 is 34.3 Å². The number of rotatable bonds is 1. The van der Waals surface area contributed by atoms with Crippen LogP contribution in [0.1, 0.15) is 0 Å². The molecule has 0 aromatic carbocycles. The molecule has 0 N–H and O–H groups in total. The van der Waals surface area contributed by atoms with Gasteiger partial charge in [0.15, 0.2) is 0 Å². The van der Waals surface area contributed by atoms with Crippen LogP contribution >= 0.6 is 11.8 Å². The van der Waals surface area contributed by atoms with Gasteiger partial charge in [0.05, 0.1) is 0 Å². The summed E-state index contributed by atoms with van der Waals surface area (Å²) in [4.78, 5) is 0. The van der Waals surface area contributed by atoms with Crippen molar-refractivity contribution in [1.82, 2.24) is 0 Å². The van der Waals surface area contributed by atoms with Crippen LogP contribution in [-0.4, -0.2) is 28.8 Å². The molecule has 0 fully saturated rings. The van der Waals surface area contributed by atoms with E-state index in [1.165, 1.54) is 2.92 Å². The molecule has 0 aliphatic heterocycles. The fourth-order valence-corrected chi connectivity index (χ4v) is 0. The minimum atomic E-state index is 0.702. The Morgan fingerprint density at radius 3 is 2.20 bits per heavy atom. The maximum absolute atomic E-state index is 3.73. The fourth-order valence-electron chi connectivity index (χ4n) is 0. The molecule has 0 aromatic heterocycles. The van der Waals surface area contributed by atoms with Gasteiger partial charge in [0.2, 0.25) is 0 Å². The van der Waals surface area contributed by atoms with Crippen LogP contribution in [0.3, 0.4) is 0 Å². The molecule has 0 nitrogen and oxygen atoms in total. The second-order valence-corrected chi connectivity index (χ2v) is 7.53. The second-order valence-electron chi connectivity index (χ2n) is 0.906. The average molecular weight is 195 g/mol. The van der Waals surface area contributed by atoms with Gasteiger partial charge in [0.25, 0.3) is 0 Å². The SMILES string of the molecule is C=[C]([SnH3])SC. The van der Waals surface area contributed by atoms with Gasteiger partial charge in [-0.05, 0) is 0 Å². The first-order valence-electron chi connectivity index (χ1n) is 1.47. The fraction of sp³-hybridized carbons (Fsp3) is 0.333. The van der Waals surface area contributed by atoms with Crippen LogP contribution in [0.4, 0.5) is 0 Å². The third-order valence-electron chi connectivity index (χ3n) is 0.348. The van der Waals surface area contributed by atoms with Gasteiger partial charge in [-0.25, -0.2) is 0 Å². The first-order chi connectivity index (χ1) is 2.27. The first-order valence-corrected chi connectivity index (χ1v) is 5.54. The van der Waals surface area contributed by atoms with E-state index in [4.69, 9.17) is 0 Å². The van der Waals surface area contributed by atoms with Crippen molar-refractivity contribution in [3.05, 3.63) is 9.50 Å². The Hall–Kier alpha value is 0.889. The second kappa shape index (κ2) is 3.09. The number of thioether (sulfide) groups is 1. The molecule has 5 heavy (non-hydrogen) atoms. The van der Waals surface area contributed by atoms with E-state index in [2.05, 4.69) is 12.8 Å². The van der Waals surface area contributed by atoms with E-state index in [0.29, 0.717) is 22.5 Å². The van der Waals surface area contributed by atoms with Crippen molar-refractivity contribution in [2.24, 2.45) is 0 Å². The van der Waals surface area contributed by atoms with Crippen LogP contribution < -0.4 is 0 Å². The topological polar surface area (TPSA) is 0 Å². The standard InChI is InChI=1S/C3H5S.Sn.3H/c1-3-4-2;;;;/h1H2,2H3;;;;. The van der Waals surface area contributed by atoms with E-state index in [9.17, 15) is 0 Å². The Balaban J connectivity index is 2.85. The van der Waals surface area contributed by atoms with Crippen LogP contribution in [-0.2, 0) is 0 Å². The van der Waals surface area contributed by atoms with Crippen molar-refractivity contribution in [1.29, 1.82) is 0 Å². The first kappa shape index (κ1) is 5.89. The third-order valence-corrected chi connectivity index (χ3v) is 4.54. The molecular weight excluding hydrogens is 187 g/mol. The Labute approximate surface area is 50.1 Å². The predicted octanol–water partition coefficient (Wildman–Crippen LogP) is 0.186. The molecule has 0 saturated carbocycles. The van der Waals surface area contributed by atoms with Gasteiger partial charge in [-0.1, -0.05) is 0 Å². The van der Waals surface area contributed by atoms with E-state index >= 15 is 0 Å². The molecule has 0 bridgehead atoms. The van der Waals surface area contributed by atoms with Crippen LogP contribution in [0.5, 0.6) is 0 Å². The van der Waals surface area contributed by atoms with Gasteiger partial charge in [0.1, 0.15) is 0 Å². The predicted molar refractivity (Wildman–Crippen MR) is 32.6 cm³/mol. The number of hydrogen-bond acceptors (Lipinski definition) is 1. The summed E-state index contributed by atoms with van der Waals surface area (Å²) in [6.07, 6.45) is 2.07. The van der Waals surface area contributed by atoms with Crippen LogP contribution in [0.2, 0.25) is 0 Å². The molecule has 0 radical (unpaired) electrons. The molecular formula is C3H8SSn. The van der Waals surface area contributed by atoms with Crippen LogP contribution in [0.15, 0.2) is 9.50 Å². The molecule has 0 aliphatic rings. The van der Waals surface area contributed by atoms with Crippen molar-refractivity contribution in [3.63, 3.8) is 0 Å². The van der Waals surface area contributed by atoms with Gasteiger partial charge in [-0.2, -0.15) is 0 Å². The van der Waals surface area contributed by atoms with E-state index in [1.54, 1.807) is 11.8 Å². The van der Waals surface area contributed by atoms with Gasteiger partial charge in [-0.15, -0.1) is 0 Å². The Kier molecular flexibility index (Phi) is 3.64. The van der Waals surface area contributed by atoms with Crippen molar-refractivity contribution in [3.8, 4) is 0 Å². The average Bonchev–Trinajstić information content (AvgIpc) is 1.38. The van der Waals surface area contributed by atoms with Crippen LogP contribution in [0.25, 0.3) is 0 Å². The molecule has 0 aliphatic carbocycles.